The van der Waals surface area contributed by atoms with Gasteiger partial charge in [0.15, 0.2) is 0 Å². The van der Waals surface area contributed by atoms with Crippen molar-refractivity contribution in [2.24, 2.45) is 0 Å². The molecule has 7 heteroatoms. The van der Waals surface area contributed by atoms with E-state index in [2.05, 4.69) is 29.2 Å². The molecule has 0 unspecified atom stereocenters. The van der Waals surface area contributed by atoms with Crippen molar-refractivity contribution in [1.29, 1.82) is 0 Å². The molecular formula is C16H13IN2O2S2. The van der Waals surface area contributed by atoms with Crippen LogP contribution in [0, 0.1) is 3.57 Å². The number of carbonyl (C=O) groups is 2. The third-order valence-electron chi connectivity index (χ3n) is 3.68. The third kappa shape index (κ3) is 2.64. The molecule has 1 aromatic rings. The summed E-state index contributed by atoms with van der Waals surface area (Å²) in [5, 5.41) is 0. The Hall–Kier alpha value is -1.19. The zero-order chi connectivity index (χ0) is 16.7. The van der Waals surface area contributed by atoms with Crippen LogP contribution in [0.15, 0.2) is 35.8 Å². The number of halogens is 1. The van der Waals surface area contributed by atoms with Gasteiger partial charge in [0.05, 0.1) is 16.2 Å². The quantitative estimate of drug-likeness (QED) is 0.303. The second-order valence-electron chi connectivity index (χ2n) is 4.99. The van der Waals surface area contributed by atoms with E-state index in [4.69, 9.17) is 12.2 Å². The van der Waals surface area contributed by atoms with Crippen molar-refractivity contribution in [3.8, 4) is 0 Å². The Labute approximate surface area is 157 Å². The van der Waals surface area contributed by atoms with Crippen LogP contribution in [0.3, 0.4) is 0 Å². The minimum Gasteiger partial charge on any atom is -0.304 e. The van der Waals surface area contributed by atoms with E-state index in [0.717, 1.165) is 14.8 Å². The molecule has 23 heavy (non-hydrogen) atoms. The van der Waals surface area contributed by atoms with Crippen LogP contribution in [0.4, 0.5) is 5.69 Å². The molecular weight excluding hydrogens is 443 g/mol. The molecule has 2 amide bonds. The number of fused-ring (bicyclic) bond motifs is 1. The summed E-state index contributed by atoms with van der Waals surface area (Å²) >= 11 is 8.68. The van der Waals surface area contributed by atoms with Gasteiger partial charge < -0.3 is 4.90 Å². The third-order valence-corrected chi connectivity index (χ3v) is 5.80. The van der Waals surface area contributed by atoms with Gasteiger partial charge in [0.25, 0.3) is 11.8 Å². The normalized spacial score (nSPS) is 20.5. The maximum absolute atomic E-state index is 12.9. The minimum absolute atomic E-state index is 0.168. The van der Waals surface area contributed by atoms with E-state index in [1.807, 2.05) is 25.1 Å². The lowest BCUT2D eigenvalue weighted by molar-refractivity contribution is -0.122. The number of thiocarbonyl (C=S) groups is 1. The lowest BCUT2D eigenvalue weighted by Crippen LogP contribution is -2.29. The number of rotatable bonds is 3. The number of benzene rings is 1. The molecule has 0 spiro atoms. The second-order valence-corrected chi connectivity index (χ2v) is 7.88. The molecule has 0 bridgehead atoms. The SMILES string of the molecule is C=CCN1C(=O)C(=C2SC(=S)N(CC)C2=O)c2cc(I)ccc21. The molecule has 0 aromatic heterocycles. The van der Waals surface area contributed by atoms with Crippen molar-refractivity contribution in [1.82, 2.24) is 4.90 Å². The molecule has 1 aromatic carbocycles. The summed E-state index contributed by atoms with van der Waals surface area (Å²) in [5.74, 6) is -0.352. The fourth-order valence-electron chi connectivity index (χ4n) is 2.66. The highest BCUT2D eigenvalue weighted by molar-refractivity contribution is 14.1. The first-order chi connectivity index (χ1) is 11.0. The lowest BCUT2D eigenvalue weighted by atomic mass is 10.1. The fourth-order valence-corrected chi connectivity index (χ4v) is 4.60. The Bertz CT molecular complexity index is 788. The number of thioether (sulfide) groups is 1. The number of anilines is 1. The van der Waals surface area contributed by atoms with Crippen LogP contribution in [0.5, 0.6) is 0 Å². The maximum Gasteiger partial charge on any atom is 0.266 e. The van der Waals surface area contributed by atoms with Crippen LogP contribution in [0.2, 0.25) is 0 Å². The standard InChI is InChI=1S/C16H13IN2O2S2/c1-3-7-19-11-6-5-9(17)8-10(11)12(14(19)20)13-15(21)18(4-2)16(22)23-13/h3,5-6,8H,1,4,7H2,2H3. The largest absolute Gasteiger partial charge is 0.304 e. The zero-order valence-corrected chi connectivity index (χ0v) is 16.1. The number of nitrogens with zero attached hydrogens (tertiary/aromatic N) is 2. The molecule has 3 rings (SSSR count). The molecule has 0 aliphatic carbocycles. The highest BCUT2D eigenvalue weighted by Gasteiger charge is 2.41. The molecule has 0 atom stereocenters. The van der Waals surface area contributed by atoms with Gasteiger partial charge in [-0.2, -0.15) is 0 Å². The number of carbonyl (C=O) groups excluding carboxylic acids is 2. The van der Waals surface area contributed by atoms with E-state index in [9.17, 15) is 9.59 Å². The van der Waals surface area contributed by atoms with E-state index >= 15 is 0 Å². The van der Waals surface area contributed by atoms with Crippen molar-refractivity contribution in [3.63, 3.8) is 0 Å². The molecule has 2 heterocycles. The van der Waals surface area contributed by atoms with Crippen molar-refractivity contribution in [2.75, 3.05) is 18.0 Å². The average molecular weight is 456 g/mol. The molecule has 1 saturated heterocycles. The Morgan fingerprint density at radius 1 is 1.30 bits per heavy atom. The van der Waals surface area contributed by atoms with Gasteiger partial charge in [-0.25, -0.2) is 0 Å². The summed E-state index contributed by atoms with van der Waals surface area (Å²) in [6.07, 6.45) is 1.68. The first kappa shape index (κ1) is 16.7. The van der Waals surface area contributed by atoms with Crippen molar-refractivity contribution >= 4 is 74.0 Å². The Kier molecular flexibility index (Phi) is 4.61. The van der Waals surface area contributed by atoms with Crippen molar-refractivity contribution < 1.29 is 9.59 Å². The summed E-state index contributed by atoms with van der Waals surface area (Å²) in [6, 6.07) is 5.79. The van der Waals surface area contributed by atoms with Gasteiger partial charge in [-0.15, -0.1) is 6.58 Å². The molecule has 4 nitrogen and oxygen atoms in total. The smallest absolute Gasteiger partial charge is 0.266 e. The Morgan fingerprint density at radius 2 is 2.04 bits per heavy atom. The summed E-state index contributed by atoms with van der Waals surface area (Å²) < 4.78 is 1.51. The van der Waals surface area contributed by atoms with Crippen LogP contribution in [-0.4, -0.2) is 34.1 Å². The Morgan fingerprint density at radius 3 is 2.65 bits per heavy atom. The molecule has 0 saturated carbocycles. The van der Waals surface area contributed by atoms with Gasteiger partial charge in [0.2, 0.25) is 0 Å². The van der Waals surface area contributed by atoms with Gasteiger partial charge in [0, 0.05) is 22.2 Å². The van der Waals surface area contributed by atoms with Crippen LogP contribution in [0.25, 0.3) is 5.57 Å². The van der Waals surface area contributed by atoms with Crippen LogP contribution < -0.4 is 4.90 Å². The maximum atomic E-state index is 12.9. The Balaban J connectivity index is 2.21. The molecule has 0 radical (unpaired) electrons. The fraction of sp³-hybridized carbons (Fsp3) is 0.188. The van der Waals surface area contributed by atoms with E-state index in [1.54, 1.807) is 11.0 Å². The first-order valence-corrected chi connectivity index (χ1v) is 9.30. The van der Waals surface area contributed by atoms with E-state index < -0.39 is 0 Å². The molecule has 0 N–H and O–H groups in total. The van der Waals surface area contributed by atoms with Gasteiger partial charge >= 0.3 is 0 Å². The second kappa shape index (κ2) is 6.37. The monoisotopic (exact) mass is 456 g/mol. The number of hydrogen-bond donors (Lipinski definition) is 0. The van der Waals surface area contributed by atoms with E-state index in [0.29, 0.717) is 27.9 Å². The van der Waals surface area contributed by atoms with Gasteiger partial charge in [0.1, 0.15) is 4.32 Å². The van der Waals surface area contributed by atoms with E-state index in [-0.39, 0.29) is 11.8 Å². The highest BCUT2D eigenvalue weighted by Crippen LogP contribution is 2.44. The number of likely N-dealkylation sites (N-methyl/N-ethyl adjacent to an activating group) is 1. The van der Waals surface area contributed by atoms with Gasteiger partial charge in [-0.1, -0.05) is 30.1 Å². The predicted octanol–water partition coefficient (Wildman–Crippen LogP) is 3.42. The van der Waals surface area contributed by atoms with Crippen LogP contribution in [0.1, 0.15) is 12.5 Å². The summed E-state index contributed by atoms with van der Waals surface area (Å²) in [5.41, 5.74) is 2.06. The van der Waals surface area contributed by atoms with Crippen molar-refractivity contribution in [2.45, 2.75) is 6.92 Å². The van der Waals surface area contributed by atoms with Gasteiger partial charge in [-0.3, -0.25) is 14.5 Å². The average Bonchev–Trinajstić information content (AvgIpc) is 2.93. The molecule has 2 aliphatic rings. The highest BCUT2D eigenvalue weighted by atomic mass is 127. The summed E-state index contributed by atoms with van der Waals surface area (Å²) in [7, 11) is 0. The predicted molar refractivity (Wildman–Crippen MR) is 106 cm³/mol. The topological polar surface area (TPSA) is 40.6 Å². The minimum atomic E-state index is -0.184. The van der Waals surface area contributed by atoms with Crippen LogP contribution in [-0.2, 0) is 9.59 Å². The lowest BCUT2D eigenvalue weighted by Gasteiger charge is -2.14. The van der Waals surface area contributed by atoms with Crippen LogP contribution >= 0.6 is 46.6 Å². The summed E-state index contributed by atoms with van der Waals surface area (Å²) in [4.78, 5) is 29.1. The number of amides is 2. The number of hydrogen-bond acceptors (Lipinski definition) is 4. The summed E-state index contributed by atoms with van der Waals surface area (Å²) in [6.45, 7) is 6.49. The molecule has 1 fully saturated rings. The van der Waals surface area contributed by atoms with Crippen molar-refractivity contribution in [3.05, 3.63) is 44.9 Å². The first-order valence-electron chi connectivity index (χ1n) is 7.00. The van der Waals surface area contributed by atoms with E-state index in [1.165, 1.54) is 16.7 Å². The van der Waals surface area contributed by atoms with Gasteiger partial charge in [-0.05, 0) is 47.7 Å². The molecule has 2 aliphatic heterocycles. The molecule has 118 valence electrons. The zero-order valence-electron chi connectivity index (χ0n) is 12.3.